The molecule has 0 fully saturated rings. The van der Waals surface area contributed by atoms with Crippen LogP contribution in [0.1, 0.15) is 5.56 Å². The molecule has 0 amide bonds. The summed E-state index contributed by atoms with van der Waals surface area (Å²) >= 11 is 5.41. The van der Waals surface area contributed by atoms with Crippen molar-refractivity contribution in [2.45, 2.75) is 6.42 Å². The largest absolute Gasteiger partial charge is 0.454 e. The van der Waals surface area contributed by atoms with Crippen molar-refractivity contribution in [2.75, 3.05) is 12.7 Å². The molecule has 1 aliphatic rings. The maximum Gasteiger partial charge on any atom is 0.231 e. The summed E-state index contributed by atoms with van der Waals surface area (Å²) in [5.74, 6) is 1.48. The average molecular weight is 213 g/mol. The summed E-state index contributed by atoms with van der Waals surface area (Å²) in [6.07, 6.45) is 0.347. The van der Waals surface area contributed by atoms with E-state index >= 15 is 0 Å². The molecule has 1 aromatic carbocycles. The molecule has 0 spiro atoms. The molecule has 1 aromatic rings. The Labute approximate surface area is 86.6 Å². The second kappa shape index (κ2) is 3.88. The number of hydrogen-bond donors (Lipinski definition) is 0. The fraction of sp³-hybridized carbons (Fsp3) is 0.300. The molecular weight excluding hydrogens is 204 g/mol. The third-order valence-corrected chi connectivity index (χ3v) is 2.29. The van der Waals surface area contributed by atoms with Crippen LogP contribution >= 0.6 is 11.6 Å². The Morgan fingerprint density at radius 2 is 2.14 bits per heavy atom. The Balaban J connectivity index is 2.16. The minimum atomic E-state index is 0.00512. The highest BCUT2D eigenvalue weighted by Crippen LogP contribution is 2.32. The van der Waals surface area contributed by atoms with Crippen LogP contribution in [0.15, 0.2) is 18.2 Å². The third kappa shape index (κ3) is 1.82. The first-order valence-corrected chi connectivity index (χ1v) is 4.79. The number of halogens is 1. The van der Waals surface area contributed by atoms with Gasteiger partial charge in [0.2, 0.25) is 6.79 Å². The van der Waals surface area contributed by atoms with Gasteiger partial charge in [0, 0.05) is 6.42 Å². The van der Waals surface area contributed by atoms with E-state index in [4.69, 9.17) is 21.1 Å². The third-order valence-electron chi connectivity index (χ3n) is 1.99. The van der Waals surface area contributed by atoms with Gasteiger partial charge in [-0.25, -0.2) is 0 Å². The van der Waals surface area contributed by atoms with E-state index in [0.29, 0.717) is 12.2 Å². The van der Waals surface area contributed by atoms with Gasteiger partial charge >= 0.3 is 0 Å². The molecular formula is C10H9ClO3. The lowest BCUT2D eigenvalue weighted by atomic mass is 10.1. The van der Waals surface area contributed by atoms with Gasteiger partial charge in [-0.3, -0.25) is 4.79 Å². The van der Waals surface area contributed by atoms with Crippen LogP contribution in [0.4, 0.5) is 0 Å². The Hall–Kier alpha value is -1.22. The second-order valence-corrected chi connectivity index (χ2v) is 3.30. The number of hydrogen-bond acceptors (Lipinski definition) is 3. The topological polar surface area (TPSA) is 35.5 Å². The van der Waals surface area contributed by atoms with E-state index in [9.17, 15) is 4.79 Å². The molecule has 0 aromatic heterocycles. The van der Waals surface area contributed by atoms with Crippen molar-refractivity contribution in [1.82, 2.24) is 0 Å². The molecule has 74 valence electrons. The molecule has 0 aliphatic carbocycles. The smallest absolute Gasteiger partial charge is 0.231 e. The summed E-state index contributed by atoms with van der Waals surface area (Å²) in [4.78, 5) is 11.1. The highest BCUT2D eigenvalue weighted by molar-refractivity contribution is 6.27. The molecule has 0 N–H and O–H groups in total. The fourth-order valence-corrected chi connectivity index (χ4v) is 1.42. The van der Waals surface area contributed by atoms with Crippen LogP contribution in [0.3, 0.4) is 0 Å². The van der Waals surface area contributed by atoms with Crippen LogP contribution in [0.25, 0.3) is 0 Å². The standard InChI is InChI=1S/C10H9ClO3/c11-5-8(12)3-7-1-2-9-10(4-7)14-6-13-9/h1-2,4H,3,5-6H2. The predicted octanol–water partition coefficient (Wildman–Crippen LogP) is 1.77. The summed E-state index contributed by atoms with van der Waals surface area (Å²) in [5, 5.41) is 0. The molecule has 0 unspecified atom stereocenters. The number of ketones is 1. The van der Waals surface area contributed by atoms with Crippen LogP contribution in [0.5, 0.6) is 11.5 Å². The number of alkyl halides is 1. The van der Waals surface area contributed by atoms with E-state index in [1.165, 1.54) is 0 Å². The summed E-state index contributed by atoms with van der Waals surface area (Å²) in [5.41, 5.74) is 0.903. The van der Waals surface area contributed by atoms with Crippen LogP contribution in [-0.4, -0.2) is 18.5 Å². The van der Waals surface area contributed by atoms with Crippen molar-refractivity contribution in [2.24, 2.45) is 0 Å². The number of carbonyl (C=O) groups excluding carboxylic acids is 1. The lowest BCUT2D eigenvalue weighted by Gasteiger charge is -2.00. The van der Waals surface area contributed by atoms with Gasteiger partial charge in [0.25, 0.3) is 0 Å². The highest BCUT2D eigenvalue weighted by atomic mass is 35.5. The van der Waals surface area contributed by atoms with Gasteiger partial charge < -0.3 is 9.47 Å². The molecule has 14 heavy (non-hydrogen) atoms. The second-order valence-electron chi connectivity index (χ2n) is 3.04. The SMILES string of the molecule is O=C(CCl)Cc1ccc2c(c1)OCO2. The first-order chi connectivity index (χ1) is 6.79. The number of fused-ring (bicyclic) bond motifs is 1. The van der Waals surface area contributed by atoms with E-state index in [-0.39, 0.29) is 18.5 Å². The van der Waals surface area contributed by atoms with Gasteiger partial charge in [0.05, 0.1) is 5.88 Å². The van der Waals surface area contributed by atoms with Crippen molar-refractivity contribution in [3.05, 3.63) is 23.8 Å². The molecule has 0 saturated carbocycles. The fourth-order valence-electron chi connectivity index (χ4n) is 1.33. The summed E-state index contributed by atoms with van der Waals surface area (Å²) in [6.45, 7) is 0.252. The quantitative estimate of drug-likeness (QED) is 0.717. The minimum Gasteiger partial charge on any atom is -0.454 e. The number of rotatable bonds is 3. The maximum atomic E-state index is 11.1. The van der Waals surface area contributed by atoms with Crippen molar-refractivity contribution in [1.29, 1.82) is 0 Å². The Morgan fingerprint density at radius 3 is 2.93 bits per heavy atom. The number of Topliss-reactive ketones (excluding diaryl/α,β-unsaturated/α-hetero) is 1. The Kier molecular flexibility index (Phi) is 2.59. The normalized spacial score (nSPS) is 12.9. The van der Waals surface area contributed by atoms with Crippen LogP contribution in [0.2, 0.25) is 0 Å². The molecule has 0 atom stereocenters. The molecule has 1 heterocycles. The van der Waals surface area contributed by atoms with Gasteiger partial charge in [0.1, 0.15) is 0 Å². The van der Waals surface area contributed by atoms with Crippen molar-refractivity contribution < 1.29 is 14.3 Å². The van der Waals surface area contributed by atoms with Crippen LogP contribution in [-0.2, 0) is 11.2 Å². The van der Waals surface area contributed by atoms with Crippen molar-refractivity contribution in [3.8, 4) is 11.5 Å². The monoisotopic (exact) mass is 212 g/mol. The maximum absolute atomic E-state index is 11.1. The van der Waals surface area contributed by atoms with Gasteiger partial charge in [-0.1, -0.05) is 6.07 Å². The molecule has 1 aliphatic heterocycles. The van der Waals surface area contributed by atoms with E-state index < -0.39 is 0 Å². The van der Waals surface area contributed by atoms with Crippen molar-refractivity contribution in [3.63, 3.8) is 0 Å². The Morgan fingerprint density at radius 1 is 1.36 bits per heavy atom. The lowest BCUT2D eigenvalue weighted by Crippen LogP contribution is -2.03. The predicted molar refractivity (Wildman–Crippen MR) is 52.0 cm³/mol. The van der Waals surface area contributed by atoms with Gasteiger partial charge in [-0.2, -0.15) is 0 Å². The van der Waals surface area contributed by atoms with Gasteiger partial charge in [-0.05, 0) is 17.7 Å². The lowest BCUT2D eigenvalue weighted by molar-refractivity contribution is -0.116. The molecule has 0 radical (unpaired) electrons. The minimum absolute atomic E-state index is 0.00512. The number of ether oxygens (including phenoxy) is 2. The number of benzene rings is 1. The Bertz CT molecular complexity index is 362. The highest BCUT2D eigenvalue weighted by Gasteiger charge is 2.13. The molecule has 4 heteroatoms. The van der Waals surface area contributed by atoms with E-state index in [1.54, 1.807) is 6.07 Å². The first kappa shape index (κ1) is 9.34. The summed E-state index contributed by atoms with van der Waals surface area (Å²) in [7, 11) is 0. The van der Waals surface area contributed by atoms with Gasteiger partial charge in [0.15, 0.2) is 17.3 Å². The van der Waals surface area contributed by atoms with Crippen LogP contribution in [0, 0.1) is 0 Å². The molecule has 3 nitrogen and oxygen atoms in total. The zero-order valence-electron chi connectivity index (χ0n) is 7.46. The van der Waals surface area contributed by atoms with E-state index in [0.717, 1.165) is 11.3 Å². The molecule has 2 rings (SSSR count). The van der Waals surface area contributed by atoms with E-state index in [1.807, 2.05) is 12.1 Å². The molecule has 0 bridgehead atoms. The summed E-state index contributed by atoms with van der Waals surface area (Å²) in [6, 6.07) is 5.46. The van der Waals surface area contributed by atoms with Crippen molar-refractivity contribution >= 4 is 17.4 Å². The average Bonchev–Trinajstić information content (AvgIpc) is 2.64. The van der Waals surface area contributed by atoms with Gasteiger partial charge in [-0.15, -0.1) is 11.6 Å². The summed E-state index contributed by atoms with van der Waals surface area (Å²) < 4.78 is 10.3. The first-order valence-electron chi connectivity index (χ1n) is 4.26. The zero-order valence-corrected chi connectivity index (χ0v) is 8.21. The van der Waals surface area contributed by atoms with E-state index in [2.05, 4.69) is 0 Å². The van der Waals surface area contributed by atoms with Crippen LogP contribution < -0.4 is 9.47 Å². The zero-order chi connectivity index (χ0) is 9.97. The number of carbonyl (C=O) groups is 1. The molecule has 0 saturated heterocycles.